The molecule has 0 radical (unpaired) electrons. The third-order valence-corrected chi connectivity index (χ3v) is 18.7. The number of aromatic carboxylic acids is 13. The van der Waals surface area contributed by atoms with Gasteiger partial charge in [0.1, 0.15) is 0 Å². The van der Waals surface area contributed by atoms with Crippen LogP contribution in [0.5, 0.6) is 0 Å². The van der Waals surface area contributed by atoms with Crippen LogP contribution in [0.3, 0.4) is 0 Å². The van der Waals surface area contributed by atoms with Crippen molar-refractivity contribution in [1.82, 2.24) is 0 Å². The number of rotatable bonds is 40. The molecule has 0 heterocycles. The van der Waals surface area contributed by atoms with E-state index in [2.05, 4.69) is 4.74 Å². The number of esters is 4. The van der Waals surface area contributed by atoms with Gasteiger partial charge in [-0.2, -0.15) is 0 Å². The molecular weight excluding hydrogens is 1300 g/mol. The maximum atomic E-state index is 15.7. The molecule has 0 unspecified atom stereocenters. The molecule has 34 nitrogen and oxygen atoms in total. The quantitative estimate of drug-likeness (QED) is 0.0109. The minimum atomic E-state index is -3.61. The third-order valence-electron chi connectivity index (χ3n) is 14.7. The van der Waals surface area contributed by atoms with Crippen molar-refractivity contribution in [2.24, 2.45) is 0 Å². The molecule has 3 rings (SSSR count). The van der Waals surface area contributed by atoms with Crippen LogP contribution in [0.15, 0.2) is 0 Å². The van der Waals surface area contributed by atoms with Gasteiger partial charge in [-0.25, -0.2) is 86.3 Å². The summed E-state index contributed by atoms with van der Waals surface area (Å²) in [5, 5.41) is 134. The summed E-state index contributed by atoms with van der Waals surface area (Å²) in [5.41, 5.74) is -41.9. The van der Waals surface area contributed by atoms with E-state index in [1.165, 1.54) is 0 Å². The molecule has 35 heteroatoms. The van der Waals surface area contributed by atoms with E-state index in [4.69, 9.17) is 9.26 Å². The van der Waals surface area contributed by atoms with Crippen molar-refractivity contribution in [1.29, 1.82) is 0 Å². The topological polar surface area (TPSA) is 598 Å². The van der Waals surface area contributed by atoms with Crippen LogP contribution in [0, 0.1) is 0 Å². The van der Waals surface area contributed by atoms with Gasteiger partial charge >= 0.3 is 107 Å². The van der Waals surface area contributed by atoms with Crippen molar-refractivity contribution in [3.8, 4) is 0 Å². The molecule has 0 amide bonds. The third kappa shape index (κ3) is 18.2. The molecule has 0 aromatic heterocycles. The number of carbonyl (C=O) groups is 18. The van der Waals surface area contributed by atoms with Gasteiger partial charge in [0.2, 0.25) is 0 Å². The monoisotopic (exact) mass is 1360 g/mol. The molecule has 95 heavy (non-hydrogen) atoms. The Kier molecular flexibility index (Phi) is 28.5. The van der Waals surface area contributed by atoms with E-state index < -0.39 is 215 Å². The second kappa shape index (κ2) is 34.6. The zero-order valence-electron chi connectivity index (χ0n) is 50.7. The van der Waals surface area contributed by atoms with Crippen LogP contribution < -0.4 is 0 Å². The lowest BCUT2D eigenvalue weighted by atomic mass is 9.85. The first kappa shape index (κ1) is 78.2. The Labute approximate surface area is 535 Å². The number of unbranched alkanes of at least 4 members (excludes halogenated alkanes) is 15. The van der Waals surface area contributed by atoms with Gasteiger partial charge in [0, 0.05) is 0 Å². The summed E-state index contributed by atoms with van der Waals surface area (Å²) in [4.78, 5) is 243. The number of carboxylic acid groups (broad SMARTS) is 13. The summed E-state index contributed by atoms with van der Waals surface area (Å²) in [7, 11) is -3.61. The molecule has 3 aromatic carbocycles. The van der Waals surface area contributed by atoms with Crippen molar-refractivity contribution >= 4 is 115 Å². The number of hydrogen-bond acceptors (Lipinski definition) is 21. The Bertz CT molecular complexity index is 3590. The number of carbonyl (C=O) groups excluding carboxylic acids is 5. The lowest BCUT2D eigenvalue weighted by Gasteiger charge is -2.27. The molecule has 0 fully saturated rings. The Morgan fingerprint density at radius 3 is 0.526 bits per heavy atom. The fraction of sp³-hybridized carbons (Fsp3) is 0.400. The summed E-state index contributed by atoms with van der Waals surface area (Å²) >= 11 is 0. The Morgan fingerprint density at radius 1 is 0.211 bits per heavy atom. The maximum absolute atomic E-state index is 15.7. The van der Waals surface area contributed by atoms with Gasteiger partial charge in [-0.05, 0) is 38.5 Å². The Hall–Kier alpha value is -11.1. The van der Waals surface area contributed by atoms with Crippen molar-refractivity contribution < 1.29 is 167 Å². The van der Waals surface area contributed by atoms with Gasteiger partial charge in [-0.3, -0.25) is 0 Å². The Morgan fingerprint density at radius 2 is 0.347 bits per heavy atom. The average Bonchev–Trinajstić information content (AvgIpc) is 0.743. The minimum Gasteiger partial charge on any atom is -0.478 e. The van der Waals surface area contributed by atoms with Crippen molar-refractivity contribution in [3.63, 3.8) is 0 Å². The first-order valence-corrected chi connectivity index (χ1v) is 31.1. The highest BCUT2D eigenvalue weighted by Crippen LogP contribution is 2.63. The van der Waals surface area contributed by atoms with Crippen molar-refractivity contribution in [3.05, 3.63) is 100 Å². The van der Waals surface area contributed by atoms with Crippen LogP contribution in [0.25, 0.3) is 0 Å². The van der Waals surface area contributed by atoms with Crippen LogP contribution >= 0.6 is 7.49 Å². The second-order valence-corrected chi connectivity index (χ2v) is 24.6. The SMILES string of the molecule is CCCCCCCC[P+](CCCCCCCC)(CCCCCCCC)OC(=O)c1c(C(=O)O)c(C(=O)O)c(C(=O)O)c(C(=O)OC(=O)c2c(C(=O)O)c(C(=O)O)c(C(=O)O)c(C(=O)O)c2C(=O)O)c1C(=O)OC(=O)c1c(C(=O)O)c(C(=O)O)c(C(=O)O)c(C(=O)O)c1C(=O)O. The summed E-state index contributed by atoms with van der Waals surface area (Å²) in [6.07, 6.45) is 10.6. The average molecular weight is 1360 g/mol. The fourth-order valence-corrected chi connectivity index (χ4v) is 14.4. The Balaban J connectivity index is 2.92. The largest absolute Gasteiger partial charge is 0.478 e. The van der Waals surface area contributed by atoms with Gasteiger partial charge in [0.05, 0.1) is 119 Å². The maximum Gasteiger partial charge on any atom is 0.382 e. The molecule has 0 aliphatic carbocycles. The zero-order valence-corrected chi connectivity index (χ0v) is 51.6. The molecule has 13 N–H and O–H groups in total. The van der Waals surface area contributed by atoms with Crippen LogP contribution in [-0.4, -0.2) is 192 Å². The molecule has 0 aliphatic rings. The lowest BCUT2D eigenvalue weighted by Crippen LogP contribution is -2.33. The van der Waals surface area contributed by atoms with Crippen molar-refractivity contribution in [2.45, 2.75) is 136 Å². The van der Waals surface area contributed by atoms with Crippen LogP contribution in [0.2, 0.25) is 0 Å². The summed E-state index contributed by atoms with van der Waals surface area (Å²) in [5.74, 6) is -50.9. The van der Waals surface area contributed by atoms with Gasteiger partial charge in [0.25, 0.3) is 0 Å². The highest BCUT2D eigenvalue weighted by molar-refractivity contribution is 7.71. The van der Waals surface area contributed by atoms with E-state index in [-0.39, 0.29) is 37.7 Å². The highest BCUT2D eigenvalue weighted by Gasteiger charge is 2.50. The molecule has 512 valence electrons. The number of ether oxygens (including phenoxy) is 2. The van der Waals surface area contributed by atoms with Crippen molar-refractivity contribution in [2.75, 3.05) is 18.5 Å². The first-order valence-electron chi connectivity index (χ1n) is 28.9. The predicted molar refractivity (Wildman–Crippen MR) is 316 cm³/mol. The van der Waals surface area contributed by atoms with E-state index in [0.29, 0.717) is 57.8 Å². The fourth-order valence-electron chi connectivity index (χ4n) is 10.7. The molecule has 0 bridgehead atoms. The molecule has 0 atom stereocenters. The molecule has 0 saturated carbocycles. The van der Waals surface area contributed by atoms with E-state index in [1.54, 1.807) is 0 Å². The molecular formula is C60H64O34P+. The van der Waals surface area contributed by atoms with Gasteiger partial charge in [-0.1, -0.05) is 97.8 Å². The molecule has 0 aliphatic heterocycles. The van der Waals surface area contributed by atoms with Crippen LogP contribution in [0.1, 0.15) is 323 Å². The van der Waals surface area contributed by atoms with Crippen LogP contribution in [0.4, 0.5) is 0 Å². The second-order valence-electron chi connectivity index (χ2n) is 21.0. The smallest absolute Gasteiger partial charge is 0.382 e. The van der Waals surface area contributed by atoms with E-state index >= 15 is 14.4 Å². The first-order chi connectivity index (χ1) is 44.5. The summed E-state index contributed by atoms with van der Waals surface area (Å²) in [6.45, 7) is 5.77. The number of carboxylic acids is 13. The normalized spacial score (nSPS) is 11.0. The van der Waals surface area contributed by atoms with Crippen LogP contribution in [-0.2, 0) is 14.0 Å². The number of hydrogen-bond donors (Lipinski definition) is 13. The predicted octanol–water partition coefficient (Wildman–Crippen LogP) is 8.93. The van der Waals surface area contributed by atoms with Gasteiger partial charge in [0.15, 0.2) is 7.49 Å². The van der Waals surface area contributed by atoms with E-state index in [9.17, 15) is 138 Å². The summed E-state index contributed by atoms with van der Waals surface area (Å²) in [6, 6.07) is 0. The molecule has 3 aromatic rings. The van der Waals surface area contributed by atoms with E-state index in [1.807, 2.05) is 20.8 Å². The molecule has 0 spiro atoms. The van der Waals surface area contributed by atoms with Gasteiger partial charge in [-0.15, -0.1) is 0 Å². The number of benzene rings is 3. The standard InChI is InChI=1S/C60H63O34P/c1-4-7-10-13-16-19-22-95(23-20-17-14-11-8-5-2,24-21-18-15-12-9-6-3)94-60(91)41-37(55(85)86)31(49(73)74)36(54(83)84)40(58(89)92-56(87)38-32(50(75)76)27(45(65)66)25(43(61)62)28(46(67)68)33(38)51(77)78)42(41)59(90)93-57(88)39-34(52(79)80)29(47(69)70)26(44(63)64)30(48(71)72)35(39)53(81)82/h4-24H2,1-3H3,(H12-,61,62,63,64,65,66,67,68,69,70,71,72,73,74,75,76,77,78,79,80,81,82,83,84,85,86)/p+1. The van der Waals surface area contributed by atoms with Gasteiger partial charge < -0.3 is 80.4 Å². The minimum absolute atomic E-state index is 0.0485. The zero-order chi connectivity index (χ0) is 72.3. The summed E-state index contributed by atoms with van der Waals surface area (Å²) < 4.78 is 15.6. The highest BCUT2D eigenvalue weighted by atomic mass is 31.2. The van der Waals surface area contributed by atoms with E-state index in [0.717, 1.165) is 38.5 Å². The lowest BCUT2D eigenvalue weighted by molar-refractivity contribution is 0.0346. The molecule has 0 saturated heterocycles.